The van der Waals surface area contributed by atoms with Crippen molar-refractivity contribution in [3.05, 3.63) is 0 Å². The van der Waals surface area contributed by atoms with E-state index in [0.29, 0.717) is 0 Å². The molecule has 1 rings (SSSR count). The third kappa shape index (κ3) is 5.22. The van der Waals surface area contributed by atoms with Gasteiger partial charge in [0.15, 0.2) is 0 Å². The molecule has 0 bridgehead atoms. The average molecular weight is 256 g/mol. The van der Waals surface area contributed by atoms with Crippen LogP contribution >= 0.6 is 0 Å². The molecule has 1 saturated heterocycles. The summed E-state index contributed by atoms with van der Waals surface area (Å²) in [6.07, 6.45) is 0. The van der Waals surface area contributed by atoms with Crippen LogP contribution in [0.25, 0.3) is 0 Å². The topological polar surface area (TPSA) is 58.5 Å². The molecule has 0 aromatic rings. The fraction of sp³-hybridized carbons (Fsp3) is 1.00. The first kappa shape index (κ1) is 15.9. The Hall–Kier alpha value is -0.160. The van der Waals surface area contributed by atoms with Gasteiger partial charge in [-0.25, -0.2) is 0 Å². The monoisotopic (exact) mass is 256 g/mol. The minimum Gasteiger partial charge on any atom is -0.324 e. The van der Waals surface area contributed by atoms with Crippen molar-refractivity contribution in [3.63, 3.8) is 0 Å². The van der Waals surface area contributed by atoms with Crippen molar-refractivity contribution in [3.8, 4) is 0 Å². The van der Waals surface area contributed by atoms with Gasteiger partial charge in [0.05, 0.1) is 0 Å². The average Bonchev–Trinajstić information content (AvgIpc) is 2.04. The molecule has 0 saturated carbocycles. The van der Waals surface area contributed by atoms with Gasteiger partial charge in [-0.1, -0.05) is 0 Å². The van der Waals surface area contributed by atoms with Crippen molar-refractivity contribution in [2.75, 3.05) is 32.7 Å². The van der Waals surface area contributed by atoms with Crippen LogP contribution in [0.1, 0.15) is 41.5 Å². The van der Waals surface area contributed by atoms with Crippen LogP contribution in [0.4, 0.5) is 0 Å². The molecule has 0 radical (unpaired) electrons. The molecule has 0 unspecified atom stereocenters. The predicted octanol–water partition coefficient (Wildman–Crippen LogP) is 0.857. The molecule has 0 aliphatic carbocycles. The van der Waals surface area contributed by atoms with Gasteiger partial charge in [0.25, 0.3) is 0 Å². The molecule has 1 fully saturated rings. The molecule has 0 amide bonds. The van der Waals surface area contributed by atoms with Gasteiger partial charge in [-0.15, -0.1) is 0 Å². The molecule has 1 aliphatic heterocycles. The van der Waals surface area contributed by atoms with Gasteiger partial charge in [-0.3, -0.25) is 9.80 Å². The van der Waals surface area contributed by atoms with Crippen molar-refractivity contribution in [1.82, 2.24) is 9.80 Å². The summed E-state index contributed by atoms with van der Waals surface area (Å²) in [5.41, 5.74) is 12.2. The van der Waals surface area contributed by atoms with E-state index >= 15 is 0 Å². The van der Waals surface area contributed by atoms with E-state index < -0.39 is 0 Å². The van der Waals surface area contributed by atoms with Gasteiger partial charge in [-0.05, 0) is 41.5 Å². The predicted molar refractivity (Wildman–Crippen MR) is 78.6 cm³/mol. The maximum Gasteiger partial charge on any atom is 0.0281 e. The molecule has 1 heterocycles. The van der Waals surface area contributed by atoms with Crippen molar-refractivity contribution >= 4 is 0 Å². The summed E-state index contributed by atoms with van der Waals surface area (Å²) in [5, 5.41) is 0. The molecule has 4 N–H and O–H groups in total. The highest BCUT2D eigenvalue weighted by molar-refractivity contribution is 4.95. The highest BCUT2D eigenvalue weighted by atomic mass is 15.3. The van der Waals surface area contributed by atoms with E-state index in [-0.39, 0.29) is 16.6 Å². The molecule has 0 aromatic carbocycles. The Bertz CT molecular complexity index is 272. The summed E-state index contributed by atoms with van der Waals surface area (Å²) < 4.78 is 0. The van der Waals surface area contributed by atoms with Crippen LogP contribution in [0.3, 0.4) is 0 Å². The standard InChI is InChI=1S/C14H32N4/c1-12(2,15)9-17-7-8-18(10-13(3,4)16)14(5,6)11-17/h7-11,15-16H2,1-6H3. The van der Waals surface area contributed by atoms with E-state index in [9.17, 15) is 0 Å². The number of nitrogens with zero attached hydrogens (tertiary/aromatic N) is 2. The van der Waals surface area contributed by atoms with Gasteiger partial charge in [0, 0.05) is 49.3 Å². The second-order valence-corrected chi connectivity index (χ2v) is 7.92. The lowest BCUT2D eigenvalue weighted by Gasteiger charge is -2.50. The van der Waals surface area contributed by atoms with Crippen molar-refractivity contribution < 1.29 is 0 Å². The molecule has 4 nitrogen and oxygen atoms in total. The second-order valence-electron chi connectivity index (χ2n) is 7.92. The Morgan fingerprint density at radius 3 is 1.83 bits per heavy atom. The number of nitrogens with two attached hydrogens (primary N) is 2. The Balaban J connectivity index is 2.61. The molecule has 1 aliphatic rings. The maximum absolute atomic E-state index is 6.15. The van der Waals surface area contributed by atoms with Crippen LogP contribution in [0, 0.1) is 0 Å². The van der Waals surface area contributed by atoms with Crippen LogP contribution in [-0.2, 0) is 0 Å². The molecule has 4 heteroatoms. The highest BCUT2D eigenvalue weighted by Crippen LogP contribution is 2.23. The molecular weight excluding hydrogens is 224 g/mol. The molecule has 0 spiro atoms. The van der Waals surface area contributed by atoms with Crippen LogP contribution in [0.15, 0.2) is 0 Å². The number of rotatable bonds is 4. The zero-order valence-corrected chi connectivity index (χ0v) is 13.1. The minimum atomic E-state index is -0.132. The number of hydrogen-bond donors (Lipinski definition) is 2. The van der Waals surface area contributed by atoms with Crippen LogP contribution in [0.2, 0.25) is 0 Å². The summed E-state index contributed by atoms with van der Waals surface area (Å²) in [5.74, 6) is 0. The third-order valence-corrected chi connectivity index (χ3v) is 3.38. The molecule has 0 atom stereocenters. The first-order valence-electron chi connectivity index (χ1n) is 6.94. The minimum absolute atomic E-state index is 0.120. The quantitative estimate of drug-likeness (QED) is 0.783. The van der Waals surface area contributed by atoms with E-state index in [4.69, 9.17) is 11.5 Å². The Morgan fingerprint density at radius 1 is 0.944 bits per heavy atom. The van der Waals surface area contributed by atoms with E-state index in [1.165, 1.54) is 0 Å². The lowest BCUT2D eigenvalue weighted by atomic mass is 9.94. The number of hydrogen-bond acceptors (Lipinski definition) is 4. The van der Waals surface area contributed by atoms with Crippen LogP contribution in [-0.4, -0.2) is 59.1 Å². The maximum atomic E-state index is 6.15. The lowest BCUT2D eigenvalue weighted by Crippen LogP contribution is -2.64. The van der Waals surface area contributed by atoms with Crippen molar-refractivity contribution in [1.29, 1.82) is 0 Å². The van der Waals surface area contributed by atoms with E-state index in [0.717, 1.165) is 32.7 Å². The summed E-state index contributed by atoms with van der Waals surface area (Å²) in [6.45, 7) is 18.1. The van der Waals surface area contributed by atoms with Crippen molar-refractivity contribution in [2.45, 2.75) is 58.2 Å². The van der Waals surface area contributed by atoms with E-state index in [1.807, 2.05) is 0 Å². The normalized spacial score (nSPS) is 23.3. The van der Waals surface area contributed by atoms with Gasteiger partial charge < -0.3 is 11.5 Å². The van der Waals surface area contributed by atoms with Gasteiger partial charge in [0.1, 0.15) is 0 Å². The number of piperazine rings is 1. The zero-order chi connectivity index (χ0) is 14.2. The Morgan fingerprint density at radius 2 is 1.44 bits per heavy atom. The fourth-order valence-electron chi connectivity index (χ4n) is 2.79. The SMILES string of the molecule is CC(C)(N)CN1CCN(CC(C)(C)N)C(C)(C)C1. The summed E-state index contributed by atoms with van der Waals surface area (Å²) in [6, 6.07) is 0. The third-order valence-electron chi connectivity index (χ3n) is 3.38. The van der Waals surface area contributed by atoms with E-state index in [2.05, 4.69) is 51.3 Å². The van der Waals surface area contributed by atoms with Crippen LogP contribution < -0.4 is 11.5 Å². The van der Waals surface area contributed by atoms with E-state index in [1.54, 1.807) is 0 Å². The first-order valence-corrected chi connectivity index (χ1v) is 6.94. The summed E-state index contributed by atoms with van der Waals surface area (Å²) in [7, 11) is 0. The van der Waals surface area contributed by atoms with Crippen molar-refractivity contribution in [2.24, 2.45) is 11.5 Å². The lowest BCUT2D eigenvalue weighted by molar-refractivity contribution is 0.00248. The first-order chi connectivity index (χ1) is 7.89. The molecule has 18 heavy (non-hydrogen) atoms. The van der Waals surface area contributed by atoms with Gasteiger partial charge in [0.2, 0.25) is 0 Å². The second kappa shape index (κ2) is 5.08. The summed E-state index contributed by atoms with van der Waals surface area (Å²) in [4.78, 5) is 4.98. The highest BCUT2D eigenvalue weighted by Gasteiger charge is 2.36. The largest absolute Gasteiger partial charge is 0.324 e. The summed E-state index contributed by atoms with van der Waals surface area (Å²) >= 11 is 0. The smallest absolute Gasteiger partial charge is 0.0281 e. The van der Waals surface area contributed by atoms with Crippen LogP contribution in [0.5, 0.6) is 0 Å². The molecule has 0 aromatic heterocycles. The Kier molecular flexibility index (Phi) is 4.49. The Labute approximate surface area is 113 Å². The van der Waals surface area contributed by atoms with Gasteiger partial charge in [-0.2, -0.15) is 0 Å². The molecule has 108 valence electrons. The molecular formula is C14H32N4. The fourth-order valence-corrected chi connectivity index (χ4v) is 2.79. The zero-order valence-electron chi connectivity index (χ0n) is 13.1. The van der Waals surface area contributed by atoms with Gasteiger partial charge >= 0.3 is 0 Å².